The van der Waals surface area contributed by atoms with Crippen LogP contribution in [0.3, 0.4) is 0 Å². The highest BCUT2D eigenvalue weighted by molar-refractivity contribution is 5.92. The lowest BCUT2D eigenvalue weighted by atomic mass is 10.2. The average Bonchev–Trinajstić information content (AvgIpc) is 2.93. The molecule has 0 saturated carbocycles. The number of H-pyrrole nitrogens is 1. The van der Waals surface area contributed by atoms with Gasteiger partial charge in [0.2, 0.25) is 0 Å². The van der Waals surface area contributed by atoms with Crippen molar-refractivity contribution in [3.8, 4) is 11.5 Å². The van der Waals surface area contributed by atoms with Gasteiger partial charge in [0.15, 0.2) is 5.82 Å². The fraction of sp³-hybridized carbons (Fsp3) is 0.0909. The van der Waals surface area contributed by atoms with Crippen LogP contribution in [-0.4, -0.2) is 24.7 Å². The van der Waals surface area contributed by atoms with E-state index in [1.54, 1.807) is 18.5 Å². The summed E-state index contributed by atoms with van der Waals surface area (Å²) in [6, 6.07) is 4.60. The van der Waals surface area contributed by atoms with Crippen LogP contribution in [0, 0.1) is 10.1 Å². The third-order valence-corrected chi connectivity index (χ3v) is 2.79. The second kappa shape index (κ2) is 4.69. The van der Waals surface area contributed by atoms with Crippen LogP contribution >= 0.6 is 12.4 Å². The molecule has 98 valence electrons. The van der Waals surface area contributed by atoms with E-state index >= 15 is 0 Å². The number of aromatic nitrogens is 4. The third kappa shape index (κ3) is 2.04. The van der Waals surface area contributed by atoms with Gasteiger partial charge in [-0.3, -0.25) is 15.2 Å². The SMILES string of the molecule is Cl.Cn1ccnc1-c1n[nH]c2ccc([N+](=O)[O-])cc12. The van der Waals surface area contributed by atoms with Gasteiger partial charge in [0.05, 0.1) is 10.4 Å². The van der Waals surface area contributed by atoms with Gasteiger partial charge < -0.3 is 4.57 Å². The number of nitro groups is 1. The summed E-state index contributed by atoms with van der Waals surface area (Å²) >= 11 is 0. The second-order valence-corrected chi connectivity index (χ2v) is 3.92. The lowest BCUT2D eigenvalue weighted by molar-refractivity contribution is -0.384. The molecule has 0 bridgehead atoms. The predicted molar refractivity (Wildman–Crippen MR) is 72.2 cm³/mol. The number of rotatable bonds is 2. The first-order chi connectivity index (χ1) is 8.66. The quantitative estimate of drug-likeness (QED) is 0.576. The smallest absolute Gasteiger partial charge is 0.270 e. The molecule has 7 nitrogen and oxygen atoms in total. The molecule has 3 aromatic rings. The molecule has 0 aliphatic carbocycles. The molecule has 0 aliphatic heterocycles. The standard InChI is InChI=1S/C11H9N5O2.ClH/c1-15-5-4-12-11(15)10-8-6-7(16(17)18)2-3-9(8)13-14-10;/h2-6H,1H3,(H,13,14);1H. The van der Waals surface area contributed by atoms with Gasteiger partial charge in [-0.05, 0) is 6.07 Å². The summed E-state index contributed by atoms with van der Waals surface area (Å²) in [4.78, 5) is 14.6. The number of hydrogen-bond acceptors (Lipinski definition) is 4. The lowest BCUT2D eigenvalue weighted by Gasteiger charge is -1.98. The zero-order valence-electron chi connectivity index (χ0n) is 9.90. The molecule has 0 atom stereocenters. The Balaban J connectivity index is 0.00000133. The van der Waals surface area contributed by atoms with E-state index in [9.17, 15) is 10.1 Å². The van der Waals surface area contributed by atoms with Crippen LogP contribution in [0.2, 0.25) is 0 Å². The topological polar surface area (TPSA) is 89.6 Å². The maximum absolute atomic E-state index is 10.8. The molecule has 0 amide bonds. The summed E-state index contributed by atoms with van der Waals surface area (Å²) in [6.07, 6.45) is 3.46. The molecule has 3 rings (SSSR count). The van der Waals surface area contributed by atoms with E-state index in [1.165, 1.54) is 12.1 Å². The van der Waals surface area contributed by atoms with Crippen molar-refractivity contribution in [1.82, 2.24) is 19.7 Å². The molecular weight excluding hydrogens is 270 g/mol. The molecule has 1 aromatic carbocycles. The molecule has 0 aliphatic rings. The van der Waals surface area contributed by atoms with Crippen molar-refractivity contribution in [2.75, 3.05) is 0 Å². The number of halogens is 1. The minimum Gasteiger partial charge on any atom is -0.333 e. The highest BCUT2D eigenvalue weighted by Crippen LogP contribution is 2.27. The van der Waals surface area contributed by atoms with Crippen molar-refractivity contribution in [3.05, 3.63) is 40.7 Å². The molecule has 0 radical (unpaired) electrons. The van der Waals surface area contributed by atoms with Gasteiger partial charge in [-0.25, -0.2) is 4.98 Å². The highest BCUT2D eigenvalue weighted by Gasteiger charge is 2.15. The minimum atomic E-state index is -0.422. The maximum atomic E-state index is 10.8. The van der Waals surface area contributed by atoms with Crippen LogP contribution in [0.25, 0.3) is 22.4 Å². The first-order valence-corrected chi connectivity index (χ1v) is 5.27. The van der Waals surface area contributed by atoms with Crippen LogP contribution in [0.5, 0.6) is 0 Å². The van der Waals surface area contributed by atoms with E-state index in [0.717, 1.165) is 5.52 Å². The van der Waals surface area contributed by atoms with Gasteiger partial charge in [-0.2, -0.15) is 5.10 Å². The Hall–Kier alpha value is -2.41. The second-order valence-electron chi connectivity index (χ2n) is 3.92. The number of aromatic amines is 1. The monoisotopic (exact) mass is 279 g/mol. The third-order valence-electron chi connectivity index (χ3n) is 2.79. The summed E-state index contributed by atoms with van der Waals surface area (Å²) in [7, 11) is 1.85. The number of benzene rings is 1. The number of nitrogens with zero attached hydrogens (tertiary/aromatic N) is 4. The number of aryl methyl sites for hydroxylation is 1. The summed E-state index contributed by atoms with van der Waals surface area (Å²) < 4.78 is 1.81. The van der Waals surface area contributed by atoms with E-state index in [2.05, 4.69) is 15.2 Å². The Bertz CT molecular complexity index is 748. The van der Waals surface area contributed by atoms with Crippen LogP contribution in [0.4, 0.5) is 5.69 Å². The average molecular weight is 280 g/mol. The van der Waals surface area contributed by atoms with Crippen molar-refractivity contribution in [2.24, 2.45) is 7.05 Å². The first-order valence-electron chi connectivity index (χ1n) is 5.27. The molecular formula is C11H10ClN5O2. The number of nitrogens with one attached hydrogen (secondary N) is 1. The lowest BCUT2D eigenvalue weighted by Crippen LogP contribution is -1.92. The molecule has 0 spiro atoms. The van der Waals surface area contributed by atoms with E-state index in [0.29, 0.717) is 16.9 Å². The van der Waals surface area contributed by atoms with Gasteiger partial charge in [0, 0.05) is 37.0 Å². The van der Waals surface area contributed by atoms with E-state index < -0.39 is 4.92 Å². The maximum Gasteiger partial charge on any atom is 0.270 e. The van der Waals surface area contributed by atoms with E-state index in [-0.39, 0.29) is 18.1 Å². The molecule has 1 N–H and O–H groups in total. The van der Waals surface area contributed by atoms with Crippen LogP contribution in [0.15, 0.2) is 30.6 Å². The fourth-order valence-corrected chi connectivity index (χ4v) is 1.88. The molecule has 19 heavy (non-hydrogen) atoms. The van der Waals surface area contributed by atoms with Crippen molar-refractivity contribution in [3.63, 3.8) is 0 Å². The zero-order chi connectivity index (χ0) is 12.7. The minimum absolute atomic E-state index is 0. The van der Waals surface area contributed by atoms with Crippen molar-refractivity contribution in [1.29, 1.82) is 0 Å². The molecule has 2 heterocycles. The number of fused-ring (bicyclic) bond motifs is 1. The summed E-state index contributed by atoms with van der Waals surface area (Å²) in [5.41, 5.74) is 1.40. The van der Waals surface area contributed by atoms with Crippen molar-refractivity contribution in [2.45, 2.75) is 0 Å². The van der Waals surface area contributed by atoms with Gasteiger partial charge in [0.25, 0.3) is 5.69 Å². The normalized spacial score (nSPS) is 10.4. The van der Waals surface area contributed by atoms with Gasteiger partial charge in [-0.15, -0.1) is 12.4 Å². The van der Waals surface area contributed by atoms with Gasteiger partial charge >= 0.3 is 0 Å². The molecule has 0 saturated heterocycles. The Kier molecular flexibility index (Phi) is 3.22. The summed E-state index contributed by atoms with van der Waals surface area (Å²) in [5.74, 6) is 0.668. The van der Waals surface area contributed by atoms with E-state index in [1.807, 2.05) is 11.6 Å². The zero-order valence-corrected chi connectivity index (χ0v) is 10.7. The van der Waals surface area contributed by atoms with Crippen LogP contribution < -0.4 is 0 Å². The molecule has 2 aromatic heterocycles. The van der Waals surface area contributed by atoms with Crippen molar-refractivity contribution >= 4 is 29.0 Å². The number of hydrogen-bond donors (Lipinski definition) is 1. The van der Waals surface area contributed by atoms with Gasteiger partial charge in [0.1, 0.15) is 5.69 Å². The predicted octanol–water partition coefficient (Wildman–Crippen LogP) is 2.29. The molecule has 0 unspecified atom stereocenters. The van der Waals surface area contributed by atoms with Crippen LogP contribution in [-0.2, 0) is 7.05 Å². The molecule has 8 heteroatoms. The Morgan fingerprint density at radius 3 is 2.84 bits per heavy atom. The van der Waals surface area contributed by atoms with Crippen molar-refractivity contribution < 1.29 is 4.92 Å². The van der Waals surface area contributed by atoms with E-state index in [4.69, 9.17) is 0 Å². The molecule has 0 fully saturated rings. The Morgan fingerprint density at radius 1 is 1.42 bits per heavy atom. The Labute approximate surface area is 113 Å². The van der Waals surface area contributed by atoms with Gasteiger partial charge in [-0.1, -0.05) is 0 Å². The number of nitro benzene ring substituents is 1. The Morgan fingerprint density at radius 2 is 2.21 bits per heavy atom. The summed E-state index contributed by atoms with van der Waals surface area (Å²) in [5, 5.41) is 18.5. The fourth-order valence-electron chi connectivity index (χ4n) is 1.88. The number of imidazole rings is 1. The first kappa shape index (κ1) is 13.0. The number of non-ortho nitro benzene ring substituents is 1. The highest BCUT2D eigenvalue weighted by atomic mass is 35.5. The van der Waals surface area contributed by atoms with Crippen LogP contribution in [0.1, 0.15) is 0 Å². The largest absolute Gasteiger partial charge is 0.333 e. The summed E-state index contributed by atoms with van der Waals surface area (Å²) in [6.45, 7) is 0.